The molecular formula is C13H16BrN3O. The van der Waals surface area contributed by atoms with E-state index in [9.17, 15) is 5.11 Å². The summed E-state index contributed by atoms with van der Waals surface area (Å²) >= 11 is 3.45. The standard InChI is InChI=1S/C13H16BrN3O/c1-9(2)17-12(11(14)8-16-17)13(3,18)10-5-4-6-15-7-10/h4-9,18H,1-3H3. The molecule has 0 aliphatic carbocycles. The molecule has 0 spiro atoms. The fourth-order valence-electron chi connectivity index (χ4n) is 1.98. The van der Waals surface area contributed by atoms with Gasteiger partial charge in [-0.25, -0.2) is 0 Å². The number of pyridine rings is 1. The smallest absolute Gasteiger partial charge is 0.131 e. The van der Waals surface area contributed by atoms with Crippen molar-refractivity contribution in [3.8, 4) is 0 Å². The molecule has 96 valence electrons. The number of aliphatic hydroxyl groups is 1. The average Bonchev–Trinajstić information content (AvgIpc) is 2.73. The van der Waals surface area contributed by atoms with Gasteiger partial charge < -0.3 is 5.11 Å². The Kier molecular flexibility index (Phi) is 3.54. The van der Waals surface area contributed by atoms with Crippen LogP contribution >= 0.6 is 15.9 Å². The largest absolute Gasteiger partial charge is 0.379 e. The van der Waals surface area contributed by atoms with Crippen molar-refractivity contribution in [3.63, 3.8) is 0 Å². The lowest BCUT2D eigenvalue weighted by atomic mass is 9.93. The molecule has 2 aromatic rings. The van der Waals surface area contributed by atoms with Gasteiger partial charge in [0.1, 0.15) is 5.60 Å². The van der Waals surface area contributed by atoms with Gasteiger partial charge in [0.15, 0.2) is 0 Å². The molecule has 2 aromatic heterocycles. The molecule has 1 N–H and O–H groups in total. The molecule has 5 heteroatoms. The number of nitrogens with zero attached hydrogens (tertiary/aromatic N) is 3. The molecule has 0 aliphatic heterocycles. The quantitative estimate of drug-likeness (QED) is 0.948. The van der Waals surface area contributed by atoms with Crippen LogP contribution in [0.2, 0.25) is 0 Å². The molecule has 0 amide bonds. The van der Waals surface area contributed by atoms with Crippen LogP contribution in [0.25, 0.3) is 0 Å². The van der Waals surface area contributed by atoms with Crippen LogP contribution in [0.5, 0.6) is 0 Å². The first-order valence-electron chi connectivity index (χ1n) is 5.81. The second-order valence-electron chi connectivity index (χ2n) is 4.69. The van der Waals surface area contributed by atoms with E-state index in [2.05, 4.69) is 26.0 Å². The minimum atomic E-state index is -1.13. The highest BCUT2D eigenvalue weighted by molar-refractivity contribution is 9.10. The summed E-state index contributed by atoms with van der Waals surface area (Å²) in [6, 6.07) is 3.85. The fourth-order valence-corrected chi connectivity index (χ4v) is 2.64. The summed E-state index contributed by atoms with van der Waals surface area (Å²) in [5, 5.41) is 15.1. The lowest BCUT2D eigenvalue weighted by Gasteiger charge is -2.26. The zero-order chi connectivity index (χ0) is 13.3. The van der Waals surface area contributed by atoms with Crippen molar-refractivity contribution < 1.29 is 5.11 Å². The molecule has 0 aromatic carbocycles. The first-order valence-corrected chi connectivity index (χ1v) is 6.60. The Labute approximate surface area is 115 Å². The Morgan fingerprint density at radius 3 is 2.67 bits per heavy atom. The summed E-state index contributed by atoms with van der Waals surface area (Å²) in [4.78, 5) is 4.06. The third-order valence-electron chi connectivity index (χ3n) is 2.92. The molecule has 0 bridgehead atoms. The van der Waals surface area contributed by atoms with E-state index in [-0.39, 0.29) is 6.04 Å². The topological polar surface area (TPSA) is 50.9 Å². The summed E-state index contributed by atoms with van der Waals surface area (Å²) in [6.07, 6.45) is 5.07. The van der Waals surface area contributed by atoms with Gasteiger partial charge >= 0.3 is 0 Å². The number of hydrogen-bond donors (Lipinski definition) is 1. The Bertz CT molecular complexity index is 534. The van der Waals surface area contributed by atoms with Gasteiger partial charge in [0.2, 0.25) is 0 Å². The number of hydrogen-bond acceptors (Lipinski definition) is 3. The zero-order valence-electron chi connectivity index (χ0n) is 10.6. The summed E-state index contributed by atoms with van der Waals surface area (Å²) in [5.41, 5.74) is 0.354. The van der Waals surface area contributed by atoms with E-state index in [0.717, 1.165) is 15.7 Å². The molecule has 4 nitrogen and oxygen atoms in total. The van der Waals surface area contributed by atoms with Gasteiger partial charge in [0.05, 0.1) is 16.4 Å². The van der Waals surface area contributed by atoms with Gasteiger partial charge in [-0.2, -0.15) is 5.10 Å². The fraction of sp³-hybridized carbons (Fsp3) is 0.385. The Hall–Kier alpha value is -1.20. The summed E-state index contributed by atoms with van der Waals surface area (Å²) < 4.78 is 2.61. The average molecular weight is 310 g/mol. The van der Waals surface area contributed by atoms with Crippen molar-refractivity contribution in [2.75, 3.05) is 0 Å². The van der Waals surface area contributed by atoms with E-state index < -0.39 is 5.60 Å². The number of aromatic nitrogens is 3. The molecule has 0 saturated heterocycles. The van der Waals surface area contributed by atoms with Crippen molar-refractivity contribution in [1.82, 2.24) is 14.8 Å². The first kappa shape index (κ1) is 13.2. The van der Waals surface area contributed by atoms with Crippen LogP contribution in [-0.4, -0.2) is 19.9 Å². The van der Waals surface area contributed by atoms with E-state index in [1.807, 2.05) is 30.7 Å². The molecular weight excluding hydrogens is 294 g/mol. The molecule has 0 fully saturated rings. The van der Waals surface area contributed by atoms with Crippen molar-refractivity contribution in [2.24, 2.45) is 0 Å². The van der Waals surface area contributed by atoms with Gasteiger partial charge in [-0.15, -0.1) is 0 Å². The second-order valence-corrected chi connectivity index (χ2v) is 5.55. The molecule has 0 saturated carbocycles. The minimum absolute atomic E-state index is 0.175. The maximum absolute atomic E-state index is 10.8. The molecule has 18 heavy (non-hydrogen) atoms. The maximum Gasteiger partial charge on any atom is 0.131 e. The lowest BCUT2D eigenvalue weighted by molar-refractivity contribution is 0.0888. The minimum Gasteiger partial charge on any atom is -0.379 e. The maximum atomic E-state index is 10.8. The van der Waals surface area contributed by atoms with Crippen molar-refractivity contribution >= 4 is 15.9 Å². The SMILES string of the molecule is CC(C)n1ncc(Br)c1C(C)(O)c1cccnc1. The summed E-state index contributed by atoms with van der Waals surface area (Å²) in [5.74, 6) is 0. The van der Waals surface area contributed by atoms with Gasteiger partial charge in [0.25, 0.3) is 0 Å². The van der Waals surface area contributed by atoms with Crippen LogP contribution in [0, 0.1) is 0 Å². The Morgan fingerprint density at radius 1 is 1.39 bits per heavy atom. The van der Waals surface area contributed by atoms with Crippen molar-refractivity contribution in [1.29, 1.82) is 0 Å². The third-order valence-corrected chi connectivity index (χ3v) is 3.51. The van der Waals surface area contributed by atoms with Crippen LogP contribution in [0.4, 0.5) is 0 Å². The molecule has 2 rings (SSSR count). The predicted molar refractivity (Wildman–Crippen MR) is 73.2 cm³/mol. The highest BCUT2D eigenvalue weighted by Gasteiger charge is 2.32. The van der Waals surface area contributed by atoms with Gasteiger partial charge in [-0.05, 0) is 42.8 Å². The lowest BCUT2D eigenvalue weighted by Crippen LogP contribution is -2.28. The normalized spacial score (nSPS) is 14.8. The van der Waals surface area contributed by atoms with E-state index in [1.54, 1.807) is 25.5 Å². The van der Waals surface area contributed by atoms with Crippen LogP contribution in [-0.2, 0) is 5.60 Å². The Balaban J connectivity index is 2.57. The van der Waals surface area contributed by atoms with Gasteiger partial charge in [-0.3, -0.25) is 9.67 Å². The molecule has 0 radical (unpaired) electrons. The molecule has 0 aliphatic rings. The van der Waals surface area contributed by atoms with Crippen LogP contribution < -0.4 is 0 Å². The van der Waals surface area contributed by atoms with E-state index >= 15 is 0 Å². The molecule has 2 heterocycles. The van der Waals surface area contributed by atoms with E-state index in [0.29, 0.717) is 0 Å². The number of rotatable bonds is 3. The van der Waals surface area contributed by atoms with Gasteiger partial charge in [0, 0.05) is 24.0 Å². The van der Waals surface area contributed by atoms with Gasteiger partial charge in [-0.1, -0.05) is 6.07 Å². The molecule has 1 atom stereocenters. The number of halogens is 1. The zero-order valence-corrected chi connectivity index (χ0v) is 12.2. The van der Waals surface area contributed by atoms with Crippen LogP contribution in [0.15, 0.2) is 35.2 Å². The first-order chi connectivity index (χ1) is 8.44. The summed E-state index contributed by atoms with van der Waals surface area (Å²) in [7, 11) is 0. The van der Waals surface area contributed by atoms with E-state index in [1.165, 1.54) is 0 Å². The van der Waals surface area contributed by atoms with Crippen molar-refractivity contribution in [2.45, 2.75) is 32.4 Å². The second kappa shape index (κ2) is 4.82. The molecule has 1 unspecified atom stereocenters. The van der Waals surface area contributed by atoms with Crippen molar-refractivity contribution in [3.05, 3.63) is 46.5 Å². The highest BCUT2D eigenvalue weighted by Crippen LogP contribution is 2.34. The van der Waals surface area contributed by atoms with Crippen LogP contribution in [0.3, 0.4) is 0 Å². The highest BCUT2D eigenvalue weighted by atomic mass is 79.9. The predicted octanol–water partition coefficient (Wildman–Crippen LogP) is 2.88. The third kappa shape index (κ3) is 2.20. The Morgan fingerprint density at radius 2 is 2.11 bits per heavy atom. The monoisotopic (exact) mass is 309 g/mol. The summed E-state index contributed by atoms with van der Waals surface area (Å²) in [6.45, 7) is 5.81. The van der Waals surface area contributed by atoms with Crippen LogP contribution in [0.1, 0.15) is 38.1 Å². The van der Waals surface area contributed by atoms with E-state index in [4.69, 9.17) is 0 Å².